The lowest BCUT2D eigenvalue weighted by molar-refractivity contribution is -0.118. The van der Waals surface area contributed by atoms with Gasteiger partial charge < -0.3 is 0 Å². The molecule has 0 unspecified atom stereocenters. The van der Waals surface area contributed by atoms with Gasteiger partial charge in [0.15, 0.2) is 11.0 Å². The number of benzene rings is 3. The van der Waals surface area contributed by atoms with E-state index in [0.717, 1.165) is 16.8 Å². The third-order valence-corrected chi connectivity index (χ3v) is 6.91. The number of nitrogens with zero attached hydrogens (tertiary/aromatic N) is 4. The maximum Gasteiger partial charge on any atom is 0.250 e. The van der Waals surface area contributed by atoms with E-state index >= 15 is 0 Å². The largest absolute Gasteiger partial charge is 0.272 e. The molecule has 1 aromatic heterocycles. The molecule has 0 saturated carbocycles. The number of thioether (sulfide) groups is 1. The van der Waals surface area contributed by atoms with Crippen LogP contribution in [0.25, 0.3) is 17.1 Å². The van der Waals surface area contributed by atoms with Crippen LogP contribution in [0.5, 0.6) is 0 Å². The predicted molar refractivity (Wildman–Crippen MR) is 148 cm³/mol. The van der Waals surface area contributed by atoms with Crippen molar-refractivity contribution in [2.75, 3.05) is 5.75 Å². The predicted octanol–water partition coefficient (Wildman–Crippen LogP) is 6.58. The zero-order chi connectivity index (χ0) is 26.6. The molecule has 9 heteroatoms. The molecule has 190 valence electrons. The van der Waals surface area contributed by atoms with Crippen LogP contribution in [0.3, 0.4) is 0 Å². The number of hydrogen-bond donors (Lipinski definition) is 1. The lowest BCUT2D eigenvalue weighted by Gasteiger charge is -2.19. The fourth-order valence-electron chi connectivity index (χ4n) is 3.56. The summed E-state index contributed by atoms with van der Waals surface area (Å²) in [6, 6.07) is 20.6. The minimum Gasteiger partial charge on any atom is -0.272 e. The summed E-state index contributed by atoms with van der Waals surface area (Å²) in [6.45, 7) is 8.54. The molecule has 1 heterocycles. The first-order chi connectivity index (χ1) is 17.6. The molecule has 4 rings (SSSR count). The number of hydrazone groups is 1. The molecule has 0 bridgehead atoms. The second-order valence-electron chi connectivity index (χ2n) is 9.52. The second-order valence-corrected chi connectivity index (χ2v) is 10.9. The molecule has 6 nitrogen and oxygen atoms in total. The van der Waals surface area contributed by atoms with Crippen molar-refractivity contribution in [2.45, 2.75) is 38.3 Å². The molecule has 0 saturated heterocycles. The summed E-state index contributed by atoms with van der Waals surface area (Å²) in [6.07, 6.45) is 1.19. The molecule has 4 aromatic rings. The monoisotopic (exact) mass is 535 g/mol. The van der Waals surface area contributed by atoms with E-state index in [1.54, 1.807) is 6.07 Å². The topological polar surface area (TPSA) is 72.2 Å². The molecule has 0 fully saturated rings. The number of hydrogen-bond acceptors (Lipinski definition) is 5. The molecule has 1 amide bonds. The maximum absolute atomic E-state index is 13.9. The molecular weight excluding hydrogens is 509 g/mol. The number of aromatic nitrogens is 3. The van der Waals surface area contributed by atoms with Crippen LogP contribution in [-0.4, -0.2) is 32.6 Å². The third kappa shape index (κ3) is 6.45. The summed E-state index contributed by atoms with van der Waals surface area (Å²) >= 11 is 7.22. The molecule has 1 N–H and O–H groups in total. The highest BCUT2D eigenvalue weighted by Gasteiger charge is 2.19. The number of aryl methyl sites for hydroxylation is 1. The Morgan fingerprint density at radius 2 is 1.78 bits per heavy atom. The van der Waals surface area contributed by atoms with Crippen molar-refractivity contribution in [3.8, 4) is 17.1 Å². The maximum atomic E-state index is 13.9. The van der Waals surface area contributed by atoms with Gasteiger partial charge in [-0.1, -0.05) is 92.2 Å². The summed E-state index contributed by atoms with van der Waals surface area (Å²) in [5.74, 6) is -0.174. The normalized spacial score (nSPS) is 11.7. The Hall–Kier alpha value is -3.49. The van der Waals surface area contributed by atoms with Gasteiger partial charge in [0.25, 0.3) is 5.91 Å². The fourth-order valence-corrected chi connectivity index (χ4v) is 4.52. The Morgan fingerprint density at radius 3 is 2.43 bits per heavy atom. The molecule has 37 heavy (non-hydrogen) atoms. The second kappa shape index (κ2) is 11.3. The first-order valence-corrected chi connectivity index (χ1v) is 13.0. The third-order valence-electron chi connectivity index (χ3n) is 5.65. The number of rotatable bonds is 7. The van der Waals surface area contributed by atoms with E-state index in [4.69, 9.17) is 11.6 Å². The van der Waals surface area contributed by atoms with Crippen LogP contribution in [0.2, 0.25) is 5.02 Å². The minimum absolute atomic E-state index is 0.0370. The van der Waals surface area contributed by atoms with Crippen LogP contribution < -0.4 is 5.43 Å². The van der Waals surface area contributed by atoms with Gasteiger partial charge in [-0.3, -0.25) is 9.36 Å². The van der Waals surface area contributed by atoms with Crippen molar-refractivity contribution < 1.29 is 9.18 Å². The Morgan fingerprint density at radius 1 is 1.08 bits per heavy atom. The van der Waals surface area contributed by atoms with E-state index in [1.807, 2.05) is 47.9 Å². The standard InChI is InChI=1S/C28H27ClFN5OS/c1-18-8-14-21(15-9-18)35-26(19-10-12-20(13-11-19)28(2,3)4)33-34-27(35)37-17-25(36)32-31-16-22-23(29)6-5-7-24(22)30/h5-16H,17H2,1-4H3,(H,32,36)/b31-16+. The highest BCUT2D eigenvalue weighted by molar-refractivity contribution is 7.99. The number of amides is 1. The fraction of sp³-hybridized carbons (Fsp3) is 0.214. The number of carbonyl (C=O) groups excluding carboxylic acids is 1. The van der Waals surface area contributed by atoms with Gasteiger partial charge in [-0.05, 0) is 42.2 Å². The van der Waals surface area contributed by atoms with Crippen molar-refractivity contribution in [1.29, 1.82) is 0 Å². The summed E-state index contributed by atoms with van der Waals surface area (Å²) in [4.78, 5) is 12.4. The van der Waals surface area contributed by atoms with Crippen LogP contribution in [0.15, 0.2) is 77.0 Å². The zero-order valence-corrected chi connectivity index (χ0v) is 22.6. The smallest absolute Gasteiger partial charge is 0.250 e. The Balaban J connectivity index is 1.55. The quantitative estimate of drug-likeness (QED) is 0.165. The molecule has 0 radical (unpaired) electrons. The molecule has 0 aliphatic carbocycles. The van der Waals surface area contributed by atoms with Crippen LogP contribution in [-0.2, 0) is 10.2 Å². The molecule has 0 aliphatic rings. The highest BCUT2D eigenvalue weighted by atomic mass is 35.5. The van der Waals surface area contributed by atoms with E-state index in [2.05, 4.69) is 53.6 Å². The van der Waals surface area contributed by atoms with Gasteiger partial charge in [-0.25, -0.2) is 9.82 Å². The lowest BCUT2D eigenvalue weighted by atomic mass is 9.87. The average Bonchev–Trinajstić information content (AvgIpc) is 3.28. The van der Waals surface area contributed by atoms with Crippen molar-refractivity contribution in [3.63, 3.8) is 0 Å². The zero-order valence-electron chi connectivity index (χ0n) is 21.0. The van der Waals surface area contributed by atoms with Gasteiger partial charge in [0.2, 0.25) is 0 Å². The van der Waals surface area contributed by atoms with Gasteiger partial charge in [0.05, 0.1) is 17.0 Å². The van der Waals surface area contributed by atoms with E-state index in [-0.39, 0.29) is 27.7 Å². The summed E-state index contributed by atoms with van der Waals surface area (Å²) in [5, 5.41) is 13.4. The SMILES string of the molecule is Cc1ccc(-n2c(SCC(=O)N/N=C/c3c(F)cccc3Cl)nnc2-c2ccc(C(C)(C)C)cc2)cc1. The van der Waals surface area contributed by atoms with Crippen LogP contribution in [0.1, 0.15) is 37.5 Å². The van der Waals surface area contributed by atoms with Crippen molar-refractivity contribution in [3.05, 3.63) is 94.3 Å². The van der Waals surface area contributed by atoms with E-state index in [1.165, 1.54) is 35.7 Å². The highest BCUT2D eigenvalue weighted by Crippen LogP contribution is 2.30. The Labute approximate surface area is 225 Å². The Bertz CT molecular complexity index is 1410. The Kier molecular flexibility index (Phi) is 8.10. The first kappa shape index (κ1) is 26.6. The van der Waals surface area contributed by atoms with Crippen molar-refractivity contribution in [1.82, 2.24) is 20.2 Å². The van der Waals surface area contributed by atoms with Gasteiger partial charge >= 0.3 is 0 Å². The molecule has 0 atom stereocenters. The molecule has 0 spiro atoms. The molecular formula is C28H27ClFN5OS. The average molecular weight is 536 g/mol. The van der Waals surface area contributed by atoms with Crippen LogP contribution in [0, 0.1) is 12.7 Å². The summed E-state index contributed by atoms with van der Waals surface area (Å²) in [7, 11) is 0. The number of carbonyl (C=O) groups is 1. The van der Waals surface area contributed by atoms with Crippen molar-refractivity contribution in [2.24, 2.45) is 5.10 Å². The minimum atomic E-state index is -0.519. The van der Waals surface area contributed by atoms with Gasteiger partial charge in [0.1, 0.15) is 5.82 Å². The van der Waals surface area contributed by atoms with Crippen LogP contribution >= 0.6 is 23.4 Å². The van der Waals surface area contributed by atoms with E-state index < -0.39 is 5.82 Å². The van der Waals surface area contributed by atoms with Crippen LogP contribution in [0.4, 0.5) is 4.39 Å². The number of halogens is 2. The van der Waals surface area contributed by atoms with E-state index in [9.17, 15) is 9.18 Å². The molecule has 0 aliphatic heterocycles. The van der Waals surface area contributed by atoms with Gasteiger partial charge in [0, 0.05) is 16.8 Å². The lowest BCUT2D eigenvalue weighted by Crippen LogP contribution is -2.20. The van der Waals surface area contributed by atoms with Gasteiger partial charge in [-0.15, -0.1) is 10.2 Å². The van der Waals surface area contributed by atoms with E-state index in [0.29, 0.717) is 11.0 Å². The first-order valence-electron chi connectivity index (χ1n) is 11.7. The molecule has 3 aromatic carbocycles. The summed E-state index contributed by atoms with van der Waals surface area (Å²) in [5.41, 5.74) is 6.72. The summed E-state index contributed by atoms with van der Waals surface area (Å²) < 4.78 is 15.8. The van der Waals surface area contributed by atoms with Crippen molar-refractivity contribution >= 4 is 35.5 Å². The number of nitrogens with one attached hydrogen (secondary N) is 1. The van der Waals surface area contributed by atoms with Gasteiger partial charge in [-0.2, -0.15) is 5.10 Å².